The molecule has 0 aliphatic heterocycles. The van der Waals surface area contributed by atoms with Crippen LogP contribution in [-0.2, 0) is 0 Å². The van der Waals surface area contributed by atoms with Gasteiger partial charge in [0.05, 0.1) is 6.20 Å². The van der Waals surface area contributed by atoms with Gasteiger partial charge in [0.2, 0.25) is 0 Å². The number of nitrogens with one attached hydrogen (secondary N) is 2. The number of hydrogen-bond donors (Lipinski definition) is 2. The highest BCUT2D eigenvalue weighted by atomic mass is 32.2. The van der Waals surface area contributed by atoms with Crippen LogP contribution < -0.4 is 10.6 Å². The average Bonchev–Trinajstić information content (AvgIpc) is 2.91. The highest BCUT2D eigenvalue weighted by molar-refractivity contribution is 7.99. The van der Waals surface area contributed by atoms with Gasteiger partial charge in [0.25, 0.3) is 0 Å². The molecule has 0 radical (unpaired) electrons. The Morgan fingerprint density at radius 2 is 2.25 bits per heavy atom. The number of nitrogens with zero attached hydrogens (tertiary/aromatic N) is 3. The molecule has 0 amide bonds. The van der Waals surface area contributed by atoms with E-state index in [1.54, 1.807) is 6.20 Å². The van der Waals surface area contributed by atoms with Gasteiger partial charge in [0.1, 0.15) is 5.82 Å². The lowest BCUT2D eigenvalue weighted by Gasteiger charge is -2.15. The van der Waals surface area contributed by atoms with Gasteiger partial charge in [-0.1, -0.05) is 13.8 Å². The van der Waals surface area contributed by atoms with E-state index >= 15 is 0 Å². The Morgan fingerprint density at radius 3 is 3.00 bits per heavy atom. The van der Waals surface area contributed by atoms with E-state index in [0.29, 0.717) is 6.04 Å². The van der Waals surface area contributed by atoms with Crippen molar-refractivity contribution in [1.29, 1.82) is 0 Å². The van der Waals surface area contributed by atoms with E-state index in [1.165, 1.54) is 0 Å². The van der Waals surface area contributed by atoms with Gasteiger partial charge in [-0.2, -0.15) is 11.8 Å². The largest absolute Gasteiger partial charge is 0.369 e. The maximum atomic E-state index is 4.64. The van der Waals surface area contributed by atoms with Crippen molar-refractivity contribution in [3.05, 3.63) is 18.6 Å². The molecular formula is C14H23N5S. The second kappa shape index (κ2) is 7.38. The second-order valence-electron chi connectivity index (χ2n) is 4.76. The summed E-state index contributed by atoms with van der Waals surface area (Å²) in [5, 5.41) is 6.80. The summed E-state index contributed by atoms with van der Waals surface area (Å²) < 4.78 is 2.01. The smallest absolute Gasteiger partial charge is 0.180 e. The van der Waals surface area contributed by atoms with Gasteiger partial charge >= 0.3 is 0 Å². The molecule has 0 aliphatic carbocycles. The van der Waals surface area contributed by atoms with E-state index < -0.39 is 0 Å². The van der Waals surface area contributed by atoms with Gasteiger partial charge in [-0.05, 0) is 19.1 Å². The minimum Gasteiger partial charge on any atom is -0.369 e. The normalized spacial score (nSPS) is 12.6. The van der Waals surface area contributed by atoms with Crippen LogP contribution in [0.2, 0.25) is 0 Å². The fraction of sp³-hybridized carbons (Fsp3) is 0.571. The van der Waals surface area contributed by atoms with Crippen LogP contribution in [0.15, 0.2) is 18.6 Å². The molecule has 0 aromatic carbocycles. The summed E-state index contributed by atoms with van der Waals surface area (Å²) in [6.07, 6.45) is 6.81. The van der Waals surface area contributed by atoms with Crippen LogP contribution in [-0.4, -0.2) is 38.5 Å². The van der Waals surface area contributed by atoms with Crippen LogP contribution in [0.1, 0.15) is 27.2 Å². The molecular weight excluding hydrogens is 270 g/mol. The summed E-state index contributed by atoms with van der Waals surface area (Å²) in [4.78, 5) is 9.02. The van der Waals surface area contributed by atoms with E-state index in [-0.39, 0.29) is 0 Å². The van der Waals surface area contributed by atoms with E-state index in [9.17, 15) is 0 Å². The standard InChI is InChI=1S/C14H23N5S/c1-4-6-15-12-9-19-8-7-16-14(19)13(18-12)17-11(3)10-20-5-2/h7-9,11,15H,4-6,10H2,1-3H3,(H,17,18). The molecule has 0 spiro atoms. The van der Waals surface area contributed by atoms with Gasteiger partial charge in [-0.25, -0.2) is 9.97 Å². The lowest BCUT2D eigenvalue weighted by molar-refractivity contribution is 0.896. The molecule has 0 saturated heterocycles. The van der Waals surface area contributed by atoms with Crippen LogP contribution in [0.5, 0.6) is 0 Å². The first-order valence-corrected chi connectivity index (χ1v) is 8.32. The Morgan fingerprint density at radius 1 is 1.40 bits per heavy atom. The molecule has 0 saturated carbocycles. The van der Waals surface area contributed by atoms with Crippen molar-refractivity contribution in [2.75, 3.05) is 28.7 Å². The number of hydrogen-bond acceptors (Lipinski definition) is 5. The average molecular weight is 293 g/mol. The molecule has 0 bridgehead atoms. The van der Waals surface area contributed by atoms with Crippen molar-refractivity contribution in [2.24, 2.45) is 0 Å². The Labute approximate surface area is 124 Å². The third-order valence-electron chi connectivity index (χ3n) is 2.89. The molecule has 2 N–H and O–H groups in total. The van der Waals surface area contributed by atoms with Crippen LogP contribution in [0.3, 0.4) is 0 Å². The Hall–Kier alpha value is -1.43. The first-order valence-electron chi connectivity index (χ1n) is 7.16. The molecule has 1 unspecified atom stereocenters. The second-order valence-corrected chi connectivity index (χ2v) is 6.08. The molecule has 20 heavy (non-hydrogen) atoms. The van der Waals surface area contributed by atoms with Crippen LogP contribution >= 0.6 is 11.8 Å². The topological polar surface area (TPSA) is 54.2 Å². The molecule has 2 aromatic heterocycles. The molecule has 110 valence electrons. The molecule has 1 atom stereocenters. The van der Waals surface area contributed by atoms with Crippen molar-refractivity contribution in [1.82, 2.24) is 14.4 Å². The minimum atomic E-state index is 0.370. The number of fused-ring (bicyclic) bond motifs is 1. The molecule has 2 rings (SSSR count). The van der Waals surface area contributed by atoms with Crippen molar-refractivity contribution >= 4 is 29.0 Å². The van der Waals surface area contributed by atoms with Crippen LogP contribution in [0.25, 0.3) is 5.65 Å². The highest BCUT2D eigenvalue weighted by Gasteiger charge is 2.10. The minimum absolute atomic E-state index is 0.370. The fourth-order valence-electron chi connectivity index (χ4n) is 1.94. The summed E-state index contributed by atoms with van der Waals surface area (Å²) in [6, 6.07) is 0.370. The maximum absolute atomic E-state index is 4.64. The molecule has 2 heterocycles. The molecule has 2 aromatic rings. The summed E-state index contributed by atoms with van der Waals surface area (Å²) in [6.45, 7) is 7.42. The third-order valence-corrected chi connectivity index (χ3v) is 4.03. The lowest BCUT2D eigenvalue weighted by Crippen LogP contribution is -2.20. The zero-order valence-electron chi connectivity index (χ0n) is 12.4. The first kappa shape index (κ1) is 15.0. The van der Waals surface area contributed by atoms with Crippen molar-refractivity contribution in [3.63, 3.8) is 0 Å². The highest BCUT2D eigenvalue weighted by Crippen LogP contribution is 2.18. The van der Waals surface area contributed by atoms with Gasteiger partial charge in [-0.15, -0.1) is 0 Å². The van der Waals surface area contributed by atoms with Crippen LogP contribution in [0.4, 0.5) is 11.6 Å². The monoisotopic (exact) mass is 293 g/mol. The number of anilines is 2. The number of rotatable bonds is 8. The quantitative estimate of drug-likeness (QED) is 0.783. The van der Waals surface area contributed by atoms with E-state index in [1.807, 2.05) is 28.6 Å². The van der Waals surface area contributed by atoms with Gasteiger partial charge < -0.3 is 15.0 Å². The van der Waals surface area contributed by atoms with E-state index in [4.69, 9.17) is 0 Å². The van der Waals surface area contributed by atoms with Gasteiger partial charge in [-0.3, -0.25) is 0 Å². The van der Waals surface area contributed by atoms with Crippen molar-refractivity contribution in [2.45, 2.75) is 33.2 Å². The van der Waals surface area contributed by atoms with Gasteiger partial charge in [0, 0.05) is 30.7 Å². The maximum Gasteiger partial charge on any atom is 0.180 e. The summed E-state index contributed by atoms with van der Waals surface area (Å²) in [5.74, 6) is 3.93. The van der Waals surface area contributed by atoms with Crippen molar-refractivity contribution in [3.8, 4) is 0 Å². The third kappa shape index (κ3) is 3.79. The number of thioether (sulfide) groups is 1. The molecule has 0 fully saturated rings. The molecule has 6 heteroatoms. The Kier molecular flexibility index (Phi) is 5.52. The lowest BCUT2D eigenvalue weighted by atomic mass is 10.4. The number of aromatic nitrogens is 3. The molecule has 0 aliphatic rings. The van der Waals surface area contributed by atoms with Gasteiger partial charge in [0.15, 0.2) is 11.5 Å². The first-order chi connectivity index (χ1) is 9.74. The number of imidazole rings is 1. The SMILES string of the molecule is CCCNc1cn2ccnc2c(NC(C)CSCC)n1. The zero-order valence-corrected chi connectivity index (χ0v) is 13.2. The summed E-state index contributed by atoms with van der Waals surface area (Å²) in [7, 11) is 0. The van der Waals surface area contributed by atoms with Crippen molar-refractivity contribution < 1.29 is 0 Å². The predicted molar refractivity (Wildman–Crippen MR) is 87.9 cm³/mol. The Bertz CT molecular complexity index is 539. The van der Waals surface area contributed by atoms with Crippen LogP contribution in [0, 0.1) is 0 Å². The fourth-order valence-corrected chi connectivity index (χ4v) is 2.61. The zero-order chi connectivity index (χ0) is 14.4. The van der Waals surface area contributed by atoms with E-state index in [0.717, 1.165) is 41.8 Å². The van der Waals surface area contributed by atoms with E-state index in [2.05, 4.69) is 41.4 Å². The molecule has 5 nitrogen and oxygen atoms in total. The Balaban J connectivity index is 2.18. The summed E-state index contributed by atoms with van der Waals surface area (Å²) in [5.41, 5.74) is 0.875. The summed E-state index contributed by atoms with van der Waals surface area (Å²) >= 11 is 1.93. The predicted octanol–water partition coefficient (Wildman–Crippen LogP) is 3.10.